The highest BCUT2D eigenvalue weighted by molar-refractivity contribution is 7.98. The van der Waals surface area contributed by atoms with Gasteiger partial charge in [0.1, 0.15) is 0 Å². The van der Waals surface area contributed by atoms with Crippen LogP contribution in [0, 0.1) is 0 Å². The molecule has 2 heterocycles. The van der Waals surface area contributed by atoms with Gasteiger partial charge in [0.25, 0.3) is 0 Å². The first-order chi connectivity index (χ1) is 9.83. The van der Waals surface area contributed by atoms with Crippen molar-refractivity contribution in [2.24, 2.45) is 0 Å². The number of hydrogen-bond donors (Lipinski definition) is 1. The third kappa shape index (κ3) is 3.34. The van der Waals surface area contributed by atoms with Crippen LogP contribution in [-0.2, 0) is 5.75 Å². The lowest BCUT2D eigenvalue weighted by atomic mass is 10.00. The second-order valence-electron chi connectivity index (χ2n) is 4.81. The molecule has 1 saturated heterocycles. The SMILES string of the molecule is Clc1ccccc1SCc1noc(C2CCCNC2)n1. The molecule has 1 N–H and O–H groups in total. The Morgan fingerprint density at radius 2 is 2.30 bits per heavy atom. The number of nitrogens with zero attached hydrogens (tertiary/aromatic N) is 2. The summed E-state index contributed by atoms with van der Waals surface area (Å²) in [7, 11) is 0. The molecule has 1 unspecified atom stereocenters. The maximum absolute atomic E-state index is 6.12. The molecule has 1 aliphatic heterocycles. The lowest BCUT2D eigenvalue weighted by Gasteiger charge is -2.18. The van der Waals surface area contributed by atoms with Gasteiger partial charge in [-0.1, -0.05) is 28.9 Å². The zero-order valence-electron chi connectivity index (χ0n) is 11.0. The fourth-order valence-electron chi connectivity index (χ4n) is 2.26. The summed E-state index contributed by atoms with van der Waals surface area (Å²) < 4.78 is 5.38. The molecule has 2 aromatic rings. The summed E-state index contributed by atoms with van der Waals surface area (Å²) in [6.07, 6.45) is 2.28. The number of nitrogens with one attached hydrogen (secondary N) is 1. The first-order valence-corrected chi connectivity index (χ1v) is 8.10. The molecule has 0 aliphatic carbocycles. The van der Waals surface area contributed by atoms with E-state index < -0.39 is 0 Å². The molecule has 0 bridgehead atoms. The molecule has 6 heteroatoms. The normalized spacial score (nSPS) is 19.1. The molecule has 1 aromatic carbocycles. The van der Waals surface area contributed by atoms with Crippen molar-refractivity contribution in [3.8, 4) is 0 Å². The second-order valence-corrected chi connectivity index (χ2v) is 6.24. The van der Waals surface area contributed by atoms with Crippen LogP contribution in [0.2, 0.25) is 5.02 Å². The molecule has 1 aliphatic rings. The minimum absolute atomic E-state index is 0.357. The molecule has 1 aromatic heterocycles. The van der Waals surface area contributed by atoms with Crippen LogP contribution in [-0.4, -0.2) is 23.2 Å². The van der Waals surface area contributed by atoms with Crippen molar-refractivity contribution >= 4 is 23.4 Å². The molecule has 1 fully saturated rings. The van der Waals surface area contributed by atoms with Crippen LogP contribution in [0.1, 0.15) is 30.5 Å². The molecule has 3 rings (SSSR count). The average Bonchev–Trinajstić information content (AvgIpc) is 2.96. The molecule has 0 saturated carbocycles. The van der Waals surface area contributed by atoms with Crippen LogP contribution in [0.15, 0.2) is 33.7 Å². The number of halogens is 1. The van der Waals surface area contributed by atoms with Crippen molar-refractivity contribution in [2.75, 3.05) is 13.1 Å². The first-order valence-electron chi connectivity index (χ1n) is 6.73. The summed E-state index contributed by atoms with van der Waals surface area (Å²) in [4.78, 5) is 5.54. The first kappa shape index (κ1) is 13.9. The summed E-state index contributed by atoms with van der Waals surface area (Å²) >= 11 is 7.75. The predicted octanol–water partition coefficient (Wildman–Crippen LogP) is 3.48. The smallest absolute Gasteiger partial charge is 0.231 e. The minimum atomic E-state index is 0.357. The molecule has 20 heavy (non-hydrogen) atoms. The maximum Gasteiger partial charge on any atom is 0.231 e. The Hall–Kier alpha value is -1.04. The van der Waals surface area contributed by atoms with Crippen LogP contribution in [0.3, 0.4) is 0 Å². The van der Waals surface area contributed by atoms with Gasteiger partial charge < -0.3 is 9.84 Å². The molecule has 0 spiro atoms. The lowest BCUT2D eigenvalue weighted by Crippen LogP contribution is -2.28. The summed E-state index contributed by atoms with van der Waals surface area (Å²) in [5, 5.41) is 8.18. The van der Waals surface area contributed by atoms with Gasteiger partial charge in [0, 0.05) is 11.4 Å². The Kier molecular flexibility index (Phi) is 4.60. The van der Waals surface area contributed by atoms with Gasteiger partial charge in [-0.25, -0.2) is 0 Å². The van der Waals surface area contributed by atoms with Crippen molar-refractivity contribution < 1.29 is 4.52 Å². The van der Waals surface area contributed by atoms with E-state index in [1.54, 1.807) is 11.8 Å². The van der Waals surface area contributed by atoms with E-state index in [4.69, 9.17) is 16.1 Å². The number of thioether (sulfide) groups is 1. The molecular formula is C14H16ClN3OS. The van der Waals surface area contributed by atoms with Gasteiger partial charge in [0.2, 0.25) is 5.89 Å². The van der Waals surface area contributed by atoms with Gasteiger partial charge in [0.05, 0.1) is 16.7 Å². The largest absolute Gasteiger partial charge is 0.339 e. The van der Waals surface area contributed by atoms with Crippen LogP contribution in [0.4, 0.5) is 0 Å². The third-order valence-corrected chi connectivity index (χ3v) is 4.83. The number of rotatable bonds is 4. The summed E-state index contributed by atoms with van der Waals surface area (Å²) in [6, 6.07) is 7.79. The standard InChI is InChI=1S/C14H16ClN3OS/c15-11-5-1-2-6-12(11)20-9-13-17-14(19-18-13)10-4-3-7-16-8-10/h1-2,5-6,10,16H,3-4,7-9H2. The Bertz CT molecular complexity index is 569. The molecular weight excluding hydrogens is 294 g/mol. The maximum atomic E-state index is 6.12. The van der Waals surface area contributed by atoms with Gasteiger partial charge in [-0.3, -0.25) is 0 Å². The Balaban J connectivity index is 1.61. The number of piperidine rings is 1. The van der Waals surface area contributed by atoms with Gasteiger partial charge in [-0.15, -0.1) is 11.8 Å². The van der Waals surface area contributed by atoms with Gasteiger partial charge in [-0.05, 0) is 31.5 Å². The van der Waals surface area contributed by atoms with E-state index in [-0.39, 0.29) is 0 Å². The Morgan fingerprint density at radius 1 is 1.40 bits per heavy atom. The van der Waals surface area contributed by atoms with E-state index in [2.05, 4.69) is 15.5 Å². The van der Waals surface area contributed by atoms with Crippen LogP contribution < -0.4 is 5.32 Å². The average molecular weight is 310 g/mol. The Labute approximate surface area is 127 Å². The van der Waals surface area contributed by atoms with Crippen molar-refractivity contribution in [3.63, 3.8) is 0 Å². The zero-order valence-corrected chi connectivity index (χ0v) is 12.6. The van der Waals surface area contributed by atoms with Crippen molar-refractivity contribution in [1.29, 1.82) is 0 Å². The van der Waals surface area contributed by atoms with E-state index in [9.17, 15) is 0 Å². The van der Waals surface area contributed by atoms with Crippen molar-refractivity contribution in [2.45, 2.75) is 29.4 Å². The molecule has 4 nitrogen and oxygen atoms in total. The van der Waals surface area contributed by atoms with E-state index in [1.165, 1.54) is 0 Å². The van der Waals surface area contributed by atoms with Crippen LogP contribution in [0.5, 0.6) is 0 Å². The van der Waals surface area contributed by atoms with Gasteiger partial charge >= 0.3 is 0 Å². The summed E-state index contributed by atoms with van der Waals surface area (Å²) in [5.41, 5.74) is 0. The van der Waals surface area contributed by atoms with Crippen molar-refractivity contribution in [3.05, 3.63) is 41.0 Å². The second kappa shape index (κ2) is 6.61. The number of benzene rings is 1. The van der Waals surface area contributed by atoms with E-state index >= 15 is 0 Å². The molecule has 0 radical (unpaired) electrons. The molecule has 0 amide bonds. The van der Waals surface area contributed by atoms with Gasteiger partial charge in [-0.2, -0.15) is 4.98 Å². The fourth-order valence-corrected chi connectivity index (χ4v) is 3.34. The number of aromatic nitrogens is 2. The highest BCUT2D eigenvalue weighted by Crippen LogP contribution is 2.29. The number of hydrogen-bond acceptors (Lipinski definition) is 5. The quantitative estimate of drug-likeness (QED) is 0.876. The highest BCUT2D eigenvalue weighted by Gasteiger charge is 2.21. The summed E-state index contributed by atoms with van der Waals surface area (Å²) in [5.74, 6) is 2.52. The van der Waals surface area contributed by atoms with E-state index in [0.29, 0.717) is 11.7 Å². The monoisotopic (exact) mass is 309 g/mol. The third-order valence-electron chi connectivity index (χ3n) is 3.32. The van der Waals surface area contributed by atoms with Crippen molar-refractivity contribution in [1.82, 2.24) is 15.5 Å². The minimum Gasteiger partial charge on any atom is -0.339 e. The van der Waals surface area contributed by atoms with E-state index in [1.807, 2.05) is 24.3 Å². The molecule has 106 valence electrons. The van der Waals surface area contributed by atoms with Crippen LogP contribution in [0.25, 0.3) is 0 Å². The predicted molar refractivity (Wildman–Crippen MR) is 80.2 cm³/mol. The molecule has 1 atom stereocenters. The lowest BCUT2D eigenvalue weighted by molar-refractivity contribution is 0.320. The van der Waals surface area contributed by atoms with E-state index in [0.717, 1.165) is 47.6 Å². The topological polar surface area (TPSA) is 51.0 Å². The van der Waals surface area contributed by atoms with Gasteiger partial charge in [0.15, 0.2) is 5.82 Å². The zero-order chi connectivity index (χ0) is 13.8. The Morgan fingerprint density at radius 3 is 3.10 bits per heavy atom. The highest BCUT2D eigenvalue weighted by atomic mass is 35.5. The summed E-state index contributed by atoms with van der Waals surface area (Å²) in [6.45, 7) is 2.01. The van der Waals surface area contributed by atoms with Crippen LogP contribution >= 0.6 is 23.4 Å². The fraction of sp³-hybridized carbons (Fsp3) is 0.429.